The smallest absolute Gasteiger partial charge is 0.243 e. The van der Waals surface area contributed by atoms with Gasteiger partial charge >= 0.3 is 0 Å². The minimum Gasteiger partial charge on any atom is -0.396 e. The molecule has 2 rings (SSSR count). The first-order valence-electron chi connectivity index (χ1n) is 5.90. The first kappa shape index (κ1) is 14.0. The molecule has 1 heterocycles. The van der Waals surface area contributed by atoms with Crippen molar-refractivity contribution in [2.24, 2.45) is 5.92 Å². The molecule has 1 fully saturated rings. The van der Waals surface area contributed by atoms with Gasteiger partial charge in [-0.25, -0.2) is 8.42 Å². The van der Waals surface area contributed by atoms with Gasteiger partial charge in [-0.15, -0.1) is 0 Å². The van der Waals surface area contributed by atoms with E-state index in [1.54, 1.807) is 24.3 Å². The zero-order valence-corrected chi connectivity index (χ0v) is 12.3. The van der Waals surface area contributed by atoms with E-state index >= 15 is 0 Å². The molecule has 1 unspecified atom stereocenters. The number of aliphatic hydroxyl groups excluding tert-OH is 1. The predicted molar refractivity (Wildman–Crippen MR) is 72.7 cm³/mol. The molecule has 1 aromatic rings. The molecule has 0 radical (unpaired) electrons. The highest BCUT2D eigenvalue weighted by Gasteiger charge is 2.29. The lowest BCUT2D eigenvalue weighted by Crippen LogP contribution is -2.40. The largest absolute Gasteiger partial charge is 0.396 e. The Bertz CT molecular complexity index is 501. The molecule has 0 saturated carbocycles. The number of piperidine rings is 1. The number of benzene rings is 1. The van der Waals surface area contributed by atoms with Crippen LogP contribution in [-0.4, -0.2) is 37.5 Å². The second-order valence-corrected chi connectivity index (χ2v) is 7.36. The van der Waals surface area contributed by atoms with Crippen LogP contribution in [0.5, 0.6) is 0 Å². The quantitative estimate of drug-likeness (QED) is 0.918. The molecule has 1 N–H and O–H groups in total. The van der Waals surface area contributed by atoms with Crippen molar-refractivity contribution in [2.45, 2.75) is 17.7 Å². The Kier molecular flexibility index (Phi) is 4.42. The van der Waals surface area contributed by atoms with Gasteiger partial charge in [-0.1, -0.05) is 15.9 Å². The molecule has 1 aliphatic rings. The van der Waals surface area contributed by atoms with Gasteiger partial charge in [0.1, 0.15) is 0 Å². The van der Waals surface area contributed by atoms with Crippen molar-refractivity contribution in [3.63, 3.8) is 0 Å². The van der Waals surface area contributed by atoms with Gasteiger partial charge in [0.2, 0.25) is 10.0 Å². The van der Waals surface area contributed by atoms with Crippen LogP contribution in [0.3, 0.4) is 0 Å². The van der Waals surface area contributed by atoms with Crippen LogP contribution in [0.4, 0.5) is 0 Å². The van der Waals surface area contributed by atoms with E-state index in [9.17, 15) is 8.42 Å². The summed E-state index contributed by atoms with van der Waals surface area (Å²) in [5.74, 6) is 0.0592. The van der Waals surface area contributed by atoms with E-state index in [2.05, 4.69) is 15.9 Å². The minimum atomic E-state index is -3.42. The molecular formula is C12H16BrNO3S. The number of sulfonamides is 1. The second kappa shape index (κ2) is 5.69. The maximum atomic E-state index is 12.4. The molecule has 0 spiro atoms. The average Bonchev–Trinajstić information content (AvgIpc) is 2.39. The number of aliphatic hydroxyl groups is 1. The van der Waals surface area contributed by atoms with Crippen LogP contribution < -0.4 is 0 Å². The molecule has 0 bridgehead atoms. The molecule has 100 valence electrons. The summed E-state index contributed by atoms with van der Waals surface area (Å²) in [5, 5.41) is 9.15. The van der Waals surface area contributed by atoms with Gasteiger partial charge in [0, 0.05) is 24.2 Å². The van der Waals surface area contributed by atoms with Crippen LogP contribution in [0.2, 0.25) is 0 Å². The number of halogens is 1. The maximum absolute atomic E-state index is 12.4. The summed E-state index contributed by atoms with van der Waals surface area (Å²) >= 11 is 3.29. The average molecular weight is 334 g/mol. The highest BCUT2D eigenvalue weighted by Crippen LogP contribution is 2.24. The molecule has 0 amide bonds. The second-order valence-electron chi connectivity index (χ2n) is 4.51. The molecule has 18 heavy (non-hydrogen) atoms. The van der Waals surface area contributed by atoms with Gasteiger partial charge in [-0.3, -0.25) is 0 Å². The summed E-state index contributed by atoms with van der Waals surface area (Å²) in [7, 11) is -3.42. The van der Waals surface area contributed by atoms with E-state index in [1.165, 1.54) is 4.31 Å². The van der Waals surface area contributed by atoms with E-state index in [0.717, 1.165) is 17.3 Å². The normalized spacial score (nSPS) is 22.0. The summed E-state index contributed by atoms with van der Waals surface area (Å²) in [6, 6.07) is 6.64. The summed E-state index contributed by atoms with van der Waals surface area (Å²) in [6.07, 6.45) is 1.70. The Hall–Kier alpha value is -0.430. The predicted octanol–water partition coefficient (Wildman–Crippen LogP) is 1.84. The van der Waals surface area contributed by atoms with Crippen molar-refractivity contribution in [3.05, 3.63) is 28.7 Å². The summed E-state index contributed by atoms with van der Waals surface area (Å²) in [5.41, 5.74) is 0. The lowest BCUT2D eigenvalue weighted by molar-refractivity contribution is 0.165. The Morgan fingerprint density at radius 1 is 1.33 bits per heavy atom. The number of rotatable bonds is 3. The Morgan fingerprint density at radius 3 is 2.61 bits per heavy atom. The Labute approximate surface area is 116 Å². The van der Waals surface area contributed by atoms with Crippen molar-refractivity contribution in [3.8, 4) is 0 Å². The van der Waals surface area contributed by atoms with Crippen LogP contribution in [0.25, 0.3) is 0 Å². The van der Waals surface area contributed by atoms with Crippen molar-refractivity contribution in [2.75, 3.05) is 19.7 Å². The number of hydrogen-bond donors (Lipinski definition) is 1. The highest BCUT2D eigenvalue weighted by molar-refractivity contribution is 9.10. The fraction of sp³-hybridized carbons (Fsp3) is 0.500. The maximum Gasteiger partial charge on any atom is 0.243 e. The van der Waals surface area contributed by atoms with E-state index in [1.807, 2.05) is 0 Å². The Balaban J connectivity index is 2.22. The fourth-order valence-electron chi connectivity index (χ4n) is 2.15. The van der Waals surface area contributed by atoms with Gasteiger partial charge < -0.3 is 5.11 Å². The van der Waals surface area contributed by atoms with E-state index < -0.39 is 10.0 Å². The lowest BCUT2D eigenvalue weighted by Gasteiger charge is -2.30. The summed E-state index contributed by atoms with van der Waals surface area (Å²) in [4.78, 5) is 0.310. The highest BCUT2D eigenvalue weighted by atomic mass is 79.9. The molecule has 1 saturated heterocycles. The molecule has 0 aliphatic carbocycles. The zero-order valence-electron chi connectivity index (χ0n) is 9.92. The first-order chi connectivity index (χ1) is 8.54. The molecule has 4 nitrogen and oxygen atoms in total. The van der Waals surface area contributed by atoms with Crippen LogP contribution >= 0.6 is 15.9 Å². The third kappa shape index (κ3) is 2.93. The molecule has 1 aliphatic heterocycles. The number of hydrogen-bond acceptors (Lipinski definition) is 3. The molecular weight excluding hydrogens is 318 g/mol. The van der Waals surface area contributed by atoms with Crippen molar-refractivity contribution < 1.29 is 13.5 Å². The lowest BCUT2D eigenvalue weighted by atomic mass is 10.0. The van der Waals surface area contributed by atoms with Gasteiger partial charge in [0.05, 0.1) is 4.90 Å². The number of nitrogens with zero attached hydrogens (tertiary/aromatic N) is 1. The van der Waals surface area contributed by atoms with E-state index in [0.29, 0.717) is 18.0 Å². The standard InChI is InChI=1S/C12H16BrNO3S/c13-11-3-5-12(6-4-11)18(16,17)14-7-1-2-10(8-14)9-15/h3-6,10,15H,1-2,7-9H2. The van der Waals surface area contributed by atoms with Crippen molar-refractivity contribution in [1.82, 2.24) is 4.31 Å². The van der Waals surface area contributed by atoms with E-state index in [4.69, 9.17) is 5.11 Å². The molecule has 1 aromatic carbocycles. The van der Waals surface area contributed by atoms with Crippen LogP contribution in [0.1, 0.15) is 12.8 Å². The third-order valence-corrected chi connectivity index (χ3v) is 5.60. The summed E-state index contributed by atoms with van der Waals surface area (Å²) < 4.78 is 27.1. The van der Waals surface area contributed by atoms with Gasteiger partial charge in [0.25, 0.3) is 0 Å². The monoisotopic (exact) mass is 333 g/mol. The van der Waals surface area contributed by atoms with Crippen molar-refractivity contribution >= 4 is 26.0 Å². The fourth-order valence-corrected chi connectivity index (χ4v) is 3.97. The van der Waals surface area contributed by atoms with Crippen LogP contribution in [0.15, 0.2) is 33.6 Å². The molecule has 1 atom stereocenters. The van der Waals surface area contributed by atoms with Crippen molar-refractivity contribution in [1.29, 1.82) is 0 Å². The van der Waals surface area contributed by atoms with Crippen LogP contribution in [-0.2, 0) is 10.0 Å². The van der Waals surface area contributed by atoms with Gasteiger partial charge in [-0.05, 0) is 43.0 Å². The Morgan fingerprint density at radius 2 is 2.00 bits per heavy atom. The van der Waals surface area contributed by atoms with E-state index in [-0.39, 0.29) is 12.5 Å². The van der Waals surface area contributed by atoms with Gasteiger partial charge in [-0.2, -0.15) is 4.31 Å². The minimum absolute atomic E-state index is 0.0480. The van der Waals surface area contributed by atoms with Gasteiger partial charge in [0.15, 0.2) is 0 Å². The van der Waals surface area contributed by atoms with Crippen LogP contribution in [0, 0.1) is 5.92 Å². The zero-order chi connectivity index (χ0) is 13.2. The SMILES string of the molecule is O=S(=O)(c1ccc(Br)cc1)N1CCCC(CO)C1. The topological polar surface area (TPSA) is 57.6 Å². The first-order valence-corrected chi connectivity index (χ1v) is 8.14. The summed E-state index contributed by atoms with van der Waals surface area (Å²) in [6.45, 7) is 0.996. The third-order valence-electron chi connectivity index (χ3n) is 3.19. The molecule has 0 aromatic heterocycles. The molecule has 6 heteroatoms.